The highest BCUT2D eigenvalue weighted by Gasteiger charge is 2.33. The lowest BCUT2D eigenvalue weighted by atomic mass is 9.81. The number of carboxylic acid groups (broad SMARTS) is 1. The highest BCUT2D eigenvalue weighted by Crippen LogP contribution is 2.37. The molecule has 3 rings (SSSR count). The van der Waals surface area contributed by atoms with Gasteiger partial charge in [0.25, 0.3) is 0 Å². The Kier molecular flexibility index (Phi) is 4.55. The van der Waals surface area contributed by atoms with Crippen LogP contribution in [0.15, 0.2) is 18.2 Å². The number of fused-ring (bicyclic) bond motifs is 1. The average Bonchev–Trinajstić information content (AvgIpc) is 2.98. The van der Waals surface area contributed by atoms with Gasteiger partial charge in [-0.2, -0.15) is 0 Å². The maximum Gasteiger partial charge on any atom is 0.306 e. The molecule has 2 aliphatic rings. The first kappa shape index (κ1) is 15.8. The van der Waals surface area contributed by atoms with Crippen molar-refractivity contribution >= 4 is 11.9 Å². The van der Waals surface area contributed by atoms with E-state index in [0.717, 1.165) is 37.0 Å². The minimum Gasteiger partial charge on any atom is -0.496 e. The van der Waals surface area contributed by atoms with E-state index in [9.17, 15) is 9.59 Å². The smallest absolute Gasteiger partial charge is 0.306 e. The Morgan fingerprint density at radius 2 is 2.00 bits per heavy atom. The lowest BCUT2D eigenvalue weighted by Gasteiger charge is -2.27. The van der Waals surface area contributed by atoms with Gasteiger partial charge in [0.1, 0.15) is 5.75 Å². The summed E-state index contributed by atoms with van der Waals surface area (Å²) in [5, 5.41) is 12.3. The molecule has 1 aromatic rings. The van der Waals surface area contributed by atoms with Crippen molar-refractivity contribution in [3.8, 4) is 5.75 Å². The molecule has 0 spiro atoms. The van der Waals surface area contributed by atoms with Gasteiger partial charge in [0.2, 0.25) is 5.91 Å². The van der Waals surface area contributed by atoms with Gasteiger partial charge in [0.15, 0.2) is 0 Å². The van der Waals surface area contributed by atoms with Crippen LogP contribution in [0.3, 0.4) is 0 Å². The summed E-state index contributed by atoms with van der Waals surface area (Å²) in [6, 6.07) is 5.94. The van der Waals surface area contributed by atoms with Crippen molar-refractivity contribution in [2.24, 2.45) is 11.8 Å². The summed E-state index contributed by atoms with van der Waals surface area (Å²) >= 11 is 0. The molecule has 0 radical (unpaired) electrons. The van der Waals surface area contributed by atoms with E-state index in [1.807, 2.05) is 18.2 Å². The first-order valence-corrected chi connectivity index (χ1v) is 8.29. The monoisotopic (exact) mass is 317 g/mol. The second-order valence-corrected chi connectivity index (χ2v) is 6.53. The molecule has 23 heavy (non-hydrogen) atoms. The molecule has 1 saturated carbocycles. The fourth-order valence-electron chi connectivity index (χ4n) is 3.90. The molecule has 1 fully saturated rings. The van der Waals surface area contributed by atoms with Crippen molar-refractivity contribution in [3.05, 3.63) is 29.3 Å². The summed E-state index contributed by atoms with van der Waals surface area (Å²) in [4.78, 5) is 23.7. The number of benzene rings is 1. The van der Waals surface area contributed by atoms with Crippen LogP contribution in [0.1, 0.15) is 49.3 Å². The second-order valence-electron chi connectivity index (χ2n) is 6.53. The number of aliphatic carboxylic acids is 1. The van der Waals surface area contributed by atoms with Crippen molar-refractivity contribution in [1.82, 2.24) is 5.32 Å². The molecule has 5 heteroatoms. The number of hydrogen-bond donors (Lipinski definition) is 2. The van der Waals surface area contributed by atoms with Crippen LogP contribution < -0.4 is 10.1 Å². The van der Waals surface area contributed by atoms with E-state index in [0.29, 0.717) is 12.8 Å². The fraction of sp³-hybridized carbons (Fsp3) is 0.556. The normalized spacial score (nSPS) is 26.4. The standard InChI is InChI=1S/C18H23NO4/c1-23-16-7-3-6-13-14(16)8-9-15(13)19-17(20)11-4-2-5-12(10-11)18(21)22/h3,6-7,11-12,15H,2,4-5,8-10H2,1H3,(H,19,20)(H,21,22). The summed E-state index contributed by atoms with van der Waals surface area (Å²) in [7, 11) is 1.66. The molecule has 0 saturated heterocycles. The number of amides is 1. The fourth-order valence-corrected chi connectivity index (χ4v) is 3.90. The van der Waals surface area contributed by atoms with Crippen LogP contribution in [-0.2, 0) is 16.0 Å². The summed E-state index contributed by atoms with van der Waals surface area (Å²) in [5.41, 5.74) is 2.30. The number of methoxy groups -OCH3 is 1. The predicted octanol–water partition coefficient (Wildman–Crippen LogP) is 2.69. The minimum absolute atomic E-state index is 0.00313. The van der Waals surface area contributed by atoms with Crippen molar-refractivity contribution in [1.29, 1.82) is 0 Å². The third-order valence-corrected chi connectivity index (χ3v) is 5.16. The van der Waals surface area contributed by atoms with Crippen LogP contribution in [0, 0.1) is 11.8 Å². The third kappa shape index (κ3) is 3.19. The van der Waals surface area contributed by atoms with Gasteiger partial charge < -0.3 is 15.2 Å². The second kappa shape index (κ2) is 6.60. The molecule has 3 atom stereocenters. The van der Waals surface area contributed by atoms with Gasteiger partial charge in [-0.25, -0.2) is 0 Å². The Balaban J connectivity index is 1.67. The summed E-state index contributed by atoms with van der Waals surface area (Å²) in [5.74, 6) is -0.465. The third-order valence-electron chi connectivity index (χ3n) is 5.16. The van der Waals surface area contributed by atoms with Crippen molar-refractivity contribution in [3.63, 3.8) is 0 Å². The molecular weight excluding hydrogens is 294 g/mol. The summed E-state index contributed by atoms with van der Waals surface area (Å²) < 4.78 is 5.39. The molecule has 124 valence electrons. The molecular formula is C18H23NO4. The van der Waals surface area contributed by atoms with Crippen molar-refractivity contribution < 1.29 is 19.4 Å². The number of carbonyl (C=O) groups is 2. The van der Waals surface area contributed by atoms with Gasteiger partial charge in [0.05, 0.1) is 19.1 Å². The summed E-state index contributed by atoms with van der Waals surface area (Å²) in [6.45, 7) is 0. The van der Waals surface area contributed by atoms with E-state index in [-0.39, 0.29) is 23.8 Å². The zero-order valence-corrected chi connectivity index (χ0v) is 13.4. The quantitative estimate of drug-likeness (QED) is 0.895. The van der Waals surface area contributed by atoms with Gasteiger partial charge in [-0.3, -0.25) is 9.59 Å². The number of carboxylic acids is 1. The topological polar surface area (TPSA) is 75.6 Å². The highest BCUT2D eigenvalue weighted by molar-refractivity contribution is 5.80. The van der Waals surface area contributed by atoms with Gasteiger partial charge in [-0.15, -0.1) is 0 Å². The molecule has 2 aliphatic carbocycles. The number of ether oxygens (including phenoxy) is 1. The molecule has 0 aliphatic heterocycles. The molecule has 5 nitrogen and oxygen atoms in total. The Hall–Kier alpha value is -2.04. The van der Waals surface area contributed by atoms with Crippen molar-refractivity contribution in [2.45, 2.75) is 44.6 Å². The lowest BCUT2D eigenvalue weighted by molar-refractivity contribution is -0.144. The van der Waals surface area contributed by atoms with E-state index < -0.39 is 5.97 Å². The molecule has 1 aromatic carbocycles. The van der Waals surface area contributed by atoms with Crippen LogP contribution in [-0.4, -0.2) is 24.1 Å². The zero-order chi connectivity index (χ0) is 16.4. The van der Waals surface area contributed by atoms with Crippen LogP contribution in [0.25, 0.3) is 0 Å². The Morgan fingerprint density at radius 1 is 1.22 bits per heavy atom. The molecule has 3 unspecified atom stereocenters. The highest BCUT2D eigenvalue weighted by atomic mass is 16.5. The van der Waals surface area contributed by atoms with E-state index in [4.69, 9.17) is 9.84 Å². The van der Waals surface area contributed by atoms with Crippen molar-refractivity contribution in [2.75, 3.05) is 7.11 Å². The first-order valence-electron chi connectivity index (χ1n) is 8.29. The van der Waals surface area contributed by atoms with E-state index in [2.05, 4.69) is 5.32 Å². The summed E-state index contributed by atoms with van der Waals surface area (Å²) in [6.07, 6.45) is 4.50. The maximum atomic E-state index is 12.6. The SMILES string of the molecule is COc1cccc2c1CCC2NC(=O)C1CCCC(C(=O)O)C1. The largest absolute Gasteiger partial charge is 0.496 e. The minimum atomic E-state index is -0.779. The Morgan fingerprint density at radius 3 is 2.74 bits per heavy atom. The van der Waals surface area contributed by atoms with Crippen LogP contribution in [0.4, 0.5) is 0 Å². The molecule has 1 amide bonds. The molecule has 0 heterocycles. The average molecular weight is 317 g/mol. The predicted molar refractivity (Wildman–Crippen MR) is 85.3 cm³/mol. The Bertz CT molecular complexity index is 613. The van der Waals surface area contributed by atoms with E-state index >= 15 is 0 Å². The number of rotatable bonds is 4. The number of carbonyl (C=O) groups excluding carboxylic acids is 1. The van der Waals surface area contributed by atoms with Gasteiger partial charge in [0, 0.05) is 5.92 Å². The van der Waals surface area contributed by atoms with Crippen LogP contribution in [0.5, 0.6) is 5.75 Å². The number of hydrogen-bond acceptors (Lipinski definition) is 3. The van der Waals surface area contributed by atoms with E-state index in [1.165, 1.54) is 5.56 Å². The maximum absolute atomic E-state index is 12.6. The molecule has 0 bridgehead atoms. The zero-order valence-electron chi connectivity index (χ0n) is 13.4. The van der Waals surface area contributed by atoms with Gasteiger partial charge in [-0.05, 0) is 49.3 Å². The van der Waals surface area contributed by atoms with Crippen LogP contribution in [0.2, 0.25) is 0 Å². The number of nitrogens with one attached hydrogen (secondary N) is 1. The first-order chi connectivity index (χ1) is 11.1. The van der Waals surface area contributed by atoms with E-state index in [1.54, 1.807) is 7.11 Å². The molecule has 2 N–H and O–H groups in total. The molecule has 0 aromatic heterocycles. The van der Waals surface area contributed by atoms with Gasteiger partial charge in [-0.1, -0.05) is 18.6 Å². The van der Waals surface area contributed by atoms with Crippen LogP contribution >= 0.6 is 0 Å². The lowest BCUT2D eigenvalue weighted by Crippen LogP contribution is -2.36. The van der Waals surface area contributed by atoms with Gasteiger partial charge >= 0.3 is 5.97 Å². The Labute approximate surface area is 136 Å².